The van der Waals surface area contributed by atoms with E-state index in [1.807, 2.05) is 4.68 Å². The molecule has 1 atom stereocenters. The zero-order valence-corrected chi connectivity index (χ0v) is 13.0. The van der Waals surface area contributed by atoms with Crippen LogP contribution in [0.3, 0.4) is 0 Å². The van der Waals surface area contributed by atoms with Crippen LogP contribution in [0.5, 0.6) is 0 Å². The van der Waals surface area contributed by atoms with E-state index in [9.17, 15) is 5.11 Å². The second-order valence-corrected chi connectivity index (χ2v) is 7.64. The van der Waals surface area contributed by atoms with Gasteiger partial charge in [-0.2, -0.15) is 16.9 Å². The first-order chi connectivity index (χ1) is 8.25. The van der Waals surface area contributed by atoms with Crippen molar-refractivity contribution in [2.75, 3.05) is 11.5 Å². The smallest absolute Gasteiger partial charge is 0.117 e. The first-order valence-corrected chi connectivity index (χ1v) is 7.82. The molecule has 0 aromatic carbocycles. The highest BCUT2D eigenvalue weighted by Gasteiger charge is 2.43. The molecule has 0 spiro atoms. The zero-order valence-electron chi connectivity index (χ0n) is 11.4. The van der Waals surface area contributed by atoms with Gasteiger partial charge in [0.15, 0.2) is 0 Å². The van der Waals surface area contributed by atoms with E-state index in [-0.39, 0.29) is 11.5 Å². The zero-order chi connectivity index (χ0) is 13.6. The fourth-order valence-electron chi connectivity index (χ4n) is 2.71. The lowest BCUT2D eigenvalue weighted by molar-refractivity contribution is 0.00676. The Bertz CT molecular complexity index is 444. The van der Waals surface area contributed by atoms with Crippen LogP contribution < -0.4 is 0 Å². The molecule has 2 rings (SSSR count). The third kappa shape index (κ3) is 2.56. The molecule has 0 aliphatic carbocycles. The predicted octanol–water partition coefficient (Wildman–Crippen LogP) is 3.47. The molecule has 0 saturated carbocycles. The van der Waals surface area contributed by atoms with Gasteiger partial charge in [-0.25, -0.2) is 0 Å². The average molecular weight is 289 g/mol. The molecular formula is C13H21ClN2OS. The van der Waals surface area contributed by atoms with E-state index in [2.05, 4.69) is 32.8 Å². The summed E-state index contributed by atoms with van der Waals surface area (Å²) in [6.45, 7) is 8.48. The van der Waals surface area contributed by atoms with Gasteiger partial charge >= 0.3 is 0 Å². The van der Waals surface area contributed by atoms with E-state index in [0.717, 1.165) is 17.9 Å². The number of hydrogen-bond acceptors (Lipinski definition) is 3. The highest BCUT2D eigenvalue weighted by atomic mass is 35.5. The fourth-order valence-corrected chi connectivity index (χ4v) is 4.35. The van der Waals surface area contributed by atoms with Gasteiger partial charge in [0.25, 0.3) is 0 Å². The Kier molecular flexibility index (Phi) is 3.74. The molecule has 3 nitrogen and oxygen atoms in total. The standard InChI is InChI=1S/C13H21ClN2OS/c1-9(2)16-11(10(14)5-15-16)13(17)6-12(3,4)7-18-8-13/h5,9,17H,6-8H2,1-4H3. The van der Waals surface area contributed by atoms with Crippen LogP contribution in [-0.2, 0) is 5.60 Å². The van der Waals surface area contributed by atoms with Crippen molar-refractivity contribution in [2.24, 2.45) is 5.41 Å². The molecule has 1 aromatic rings. The molecule has 0 bridgehead atoms. The second-order valence-electron chi connectivity index (χ2n) is 6.24. The summed E-state index contributed by atoms with van der Waals surface area (Å²) in [6.07, 6.45) is 2.37. The maximum atomic E-state index is 11.0. The molecule has 5 heteroatoms. The highest BCUT2D eigenvalue weighted by Crippen LogP contribution is 2.46. The van der Waals surface area contributed by atoms with Gasteiger partial charge in [0, 0.05) is 11.8 Å². The van der Waals surface area contributed by atoms with Crippen LogP contribution in [-0.4, -0.2) is 26.4 Å². The third-order valence-electron chi connectivity index (χ3n) is 3.29. The Morgan fingerprint density at radius 2 is 2.11 bits per heavy atom. The van der Waals surface area contributed by atoms with Crippen molar-refractivity contribution in [3.63, 3.8) is 0 Å². The summed E-state index contributed by atoms with van der Waals surface area (Å²) < 4.78 is 1.85. The van der Waals surface area contributed by atoms with Gasteiger partial charge in [0.1, 0.15) is 5.60 Å². The van der Waals surface area contributed by atoms with Crippen LogP contribution in [0.25, 0.3) is 0 Å². The van der Waals surface area contributed by atoms with Gasteiger partial charge in [0.2, 0.25) is 0 Å². The first-order valence-electron chi connectivity index (χ1n) is 6.29. The van der Waals surface area contributed by atoms with Crippen molar-refractivity contribution < 1.29 is 5.11 Å². The SMILES string of the molecule is CC(C)n1ncc(Cl)c1C1(O)CSCC(C)(C)C1. The van der Waals surface area contributed by atoms with Crippen LogP contribution in [0, 0.1) is 5.41 Å². The van der Waals surface area contributed by atoms with E-state index >= 15 is 0 Å². The van der Waals surface area contributed by atoms with E-state index < -0.39 is 5.60 Å². The van der Waals surface area contributed by atoms with Crippen molar-refractivity contribution in [2.45, 2.75) is 45.8 Å². The summed E-state index contributed by atoms with van der Waals surface area (Å²) in [6, 6.07) is 0.201. The average Bonchev–Trinajstić information content (AvgIpc) is 2.58. The number of thioether (sulfide) groups is 1. The Hall–Kier alpha value is -0.190. The van der Waals surface area contributed by atoms with Gasteiger partial charge in [-0.15, -0.1) is 0 Å². The third-order valence-corrected chi connectivity index (χ3v) is 5.23. The number of rotatable bonds is 2. The van der Waals surface area contributed by atoms with Gasteiger partial charge < -0.3 is 5.11 Å². The summed E-state index contributed by atoms with van der Waals surface area (Å²) >= 11 is 8.04. The molecule has 1 fully saturated rings. The minimum Gasteiger partial charge on any atom is -0.383 e. The van der Waals surface area contributed by atoms with Crippen LogP contribution in [0.2, 0.25) is 5.02 Å². The van der Waals surface area contributed by atoms with Crippen LogP contribution in [0.4, 0.5) is 0 Å². The summed E-state index contributed by atoms with van der Waals surface area (Å²) in [5.74, 6) is 1.76. The molecule has 1 aliphatic heterocycles. The van der Waals surface area contributed by atoms with Crippen molar-refractivity contribution >= 4 is 23.4 Å². The van der Waals surface area contributed by atoms with Crippen LogP contribution in [0.1, 0.15) is 45.9 Å². The van der Waals surface area contributed by atoms with Crippen LogP contribution >= 0.6 is 23.4 Å². The Morgan fingerprint density at radius 3 is 2.67 bits per heavy atom. The molecule has 1 aromatic heterocycles. The maximum absolute atomic E-state index is 11.0. The summed E-state index contributed by atoms with van der Waals surface area (Å²) in [4.78, 5) is 0. The lowest BCUT2D eigenvalue weighted by Crippen LogP contribution is -2.42. The van der Waals surface area contributed by atoms with Gasteiger partial charge in [-0.3, -0.25) is 4.68 Å². The molecule has 1 unspecified atom stereocenters. The van der Waals surface area contributed by atoms with Crippen molar-refractivity contribution in [3.05, 3.63) is 16.9 Å². The molecule has 102 valence electrons. The monoisotopic (exact) mass is 288 g/mol. The summed E-state index contributed by atoms with van der Waals surface area (Å²) in [5.41, 5.74) is 0.0246. The van der Waals surface area contributed by atoms with E-state index in [1.165, 1.54) is 0 Å². The maximum Gasteiger partial charge on any atom is 0.117 e. The molecule has 2 heterocycles. The molecule has 0 amide bonds. The molecule has 0 radical (unpaired) electrons. The van der Waals surface area contributed by atoms with Gasteiger partial charge in [-0.05, 0) is 31.4 Å². The van der Waals surface area contributed by atoms with Crippen molar-refractivity contribution in [1.82, 2.24) is 9.78 Å². The van der Waals surface area contributed by atoms with E-state index in [4.69, 9.17) is 11.6 Å². The second kappa shape index (κ2) is 4.73. The number of hydrogen-bond donors (Lipinski definition) is 1. The number of halogens is 1. The van der Waals surface area contributed by atoms with Crippen molar-refractivity contribution in [1.29, 1.82) is 0 Å². The minimum atomic E-state index is -0.871. The first kappa shape index (κ1) is 14.2. The number of nitrogens with zero attached hydrogens (tertiary/aromatic N) is 2. The number of aliphatic hydroxyl groups is 1. The molecule has 1 saturated heterocycles. The molecule has 1 aliphatic rings. The van der Waals surface area contributed by atoms with E-state index in [1.54, 1.807) is 18.0 Å². The molecule has 1 N–H and O–H groups in total. The molecule has 18 heavy (non-hydrogen) atoms. The van der Waals surface area contributed by atoms with Crippen molar-refractivity contribution in [3.8, 4) is 0 Å². The van der Waals surface area contributed by atoms with Crippen LogP contribution in [0.15, 0.2) is 6.20 Å². The molecular weight excluding hydrogens is 268 g/mol. The Labute approximate surface area is 118 Å². The topological polar surface area (TPSA) is 38.0 Å². The lowest BCUT2D eigenvalue weighted by atomic mass is 9.80. The predicted molar refractivity (Wildman–Crippen MR) is 77.2 cm³/mol. The quantitative estimate of drug-likeness (QED) is 0.905. The highest BCUT2D eigenvalue weighted by molar-refractivity contribution is 7.99. The largest absolute Gasteiger partial charge is 0.383 e. The summed E-state index contributed by atoms with van der Waals surface area (Å²) in [7, 11) is 0. The Morgan fingerprint density at radius 1 is 1.44 bits per heavy atom. The Balaban J connectivity index is 2.43. The lowest BCUT2D eigenvalue weighted by Gasteiger charge is -2.41. The van der Waals surface area contributed by atoms with Gasteiger partial charge in [0.05, 0.1) is 16.9 Å². The van der Waals surface area contributed by atoms with E-state index in [0.29, 0.717) is 10.8 Å². The fraction of sp³-hybridized carbons (Fsp3) is 0.769. The normalized spacial score (nSPS) is 27.7. The minimum absolute atomic E-state index is 0.118. The number of aromatic nitrogens is 2. The van der Waals surface area contributed by atoms with Gasteiger partial charge in [-0.1, -0.05) is 25.4 Å². The summed E-state index contributed by atoms with van der Waals surface area (Å²) in [5, 5.41) is 15.9.